The molecule has 0 rings (SSSR count). The van der Waals surface area contributed by atoms with Gasteiger partial charge in [-0.2, -0.15) is 0 Å². The van der Waals surface area contributed by atoms with Crippen LogP contribution in [0.1, 0.15) is 0 Å². The van der Waals surface area contributed by atoms with Gasteiger partial charge < -0.3 is 16.4 Å². The average Bonchev–Trinajstić information content (AvgIpc) is 0. The van der Waals surface area contributed by atoms with E-state index >= 15 is 0 Å². The van der Waals surface area contributed by atoms with E-state index in [4.69, 9.17) is 0 Å². The Balaban J connectivity index is 0. The predicted octanol–water partition coefficient (Wildman–Crippen LogP) is -4.82. The van der Waals surface area contributed by atoms with E-state index in [1.807, 2.05) is 0 Å². The summed E-state index contributed by atoms with van der Waals surface area (Å²) in [5, 5.41) is 0. The van der Waals surface area contributed by atoms with Crippen molar-refractivity contribution in [2.75, 3.05) is 0 Å². The van der Waals surface area contributed by atoms with Crippen molar-refractivity contribution in [3.8, 4) is 0 Å². The predicted molar refractivity (Wildman–Crippen MR) is 9.16 cm³/mol. The maximum absolute atomic E-state index is 0. The molecule has 0 atom stereocenters. The van der Waals surface area contributed by atoms with Gasteiger partial charge in [-0.3, -0.25) is 0 Å². The molecule has 0 aliphatic carbocycles. The molecule has 5 N–H and O–H groups in total. The standard InChI is InChI=1S/Li.3H2O.Ta/h;3*1H2;/q+1;;;;/p-1. The molecule has 0 heterocycles. The van der Waals surface area contributed by atoms with E-state index in [0.717, 1.165) is 0 Å². The first-order valence-electron chi connectivity index (χ1n) is 0. The van der Waals surface area contributed by atoms with E-state index in [-0.39, 0.29) is 57.7 Å². The Bertz CT molecular complexity index is 6.85. The van der Waals surface area contributed by atoms with Crippen molar-refractivity contribution in [1.29, 1.82) is 0 Å². The molecule has 0 bridgehead atoms. The largest absolute Gasteiger partial charge is 1.00 e. The molecule has 29 valence electrons. The van der Waals surface area contributed by atoms with Gasteiger partial charge in [0.05, 0.1) is 0 Å². The second-order valence-electron chi connectivity index (χ2n) is 0. The minimum atomic E-state index is 0. The molecule has 0 amide bonds. The summed E-state index contributed by atoms with van der Waals surface area (Å²) in [4.78, 5) is 0. The zero-order valence-electron chi connectivity index (χ0n) is 2.89. The molecule has 3 nitrogen and oxygen atoms in total. The molecule has 0 unspecified atom stereocenters. The monoisotopic (exact) mass is 241 g/mol. The quantitative estimate of drug-likeness (QED) is 0.391. The van der Waals surface area contributed by atoms with Gasteiger partial charge in [-0.25, -0.2) is 0 Å². The fourth-order valence-corrected chi connectivity index (χ4v) is 0. The first-order chi connectivity index (χ1) is 0. The molecule has 1 radical (unpaired) electrons. The van der Waals surface area contributed by atoms with Gasteiger partial charge in [-0.1, -0.05) is 0 Å². The summed E-state index contributed by atoms with van der Waals surface area (Å²) in [6.07, 6.45) is 0. The molecule has 0 aliphatic heterocycles. The summed E-state index contributed by atoms with van der Waals surface area (Å²) in [6.45, 7) is 0. The maximum atomic E-state index is 0. The van der Waals surface area contributed by atoms with Crippen LogP contribution in [0.3, 0.4) is 0 Å². The molecule has 0 aromatic carbocycles. The van der Waals surface area contributed by atoms with Gasteiger partial charge >= 0.3 is 18.9 Å². The molecular formula is H5LiO3Ta. The fraction of sp³-hybridized carbons (Fsp3) is 0. The number of rotatable bonds is 0. The Labute approximate surface area is 57.7 Å². The molecule has 0 saturated heterocycles. The first kappa shape index (κ1) is 114. The van der Waals surface area contributed by atoms with Crippen LogP contribution in [0, 0.1) is 0 Å². The normalized spacial score (nSPS) is 0. The van der Waals surface area contributed by atoms with E-state index in [2.05, 4.69) is 0 Å². The Hall–Kier alpha value is 1.22. The van der Waals surface area contributed by atoms with Crippen LogP contribution in [0.15, 0.2) is 0 Å². The van der Waals surface area contributed by atoms with Crippen molar-refractivity contribution in [2.24, 2.45) is 0 Å². The van der Waals surface area contributed by atoms with Gasteiger partial charge in [-0.05, 0) is 0 Å². The van der Waals surface area contributed by atoms with Crippen LogP contribution in [-0.4, -0.2) is 16.4 Å². The van der Waals surface area contributed by atoms with Crippen LogP contribution in [-0.2, 0) is 22.4 Å². The Kier molecular flexibility index (Phi) is 1430. The van der Waals surface area contributed by atoms with Crippen molar-refractivity contribution in [2.45, 2.75) is 0 Å². The minimum Gasteiger partial charge on any atom is -0.870 e. The molecule has 0 saturated carbocycles. The van der Waals surface area contributed by atoms with Gasteiger partial charge in [-0.15, -0.1) is 0 Å². The SMILES string of the molecule is O.O.[Li+].[OH-].[Ta]. The third-order valence-electron chi connectivity index (χ3n) is 0. The van der Waals surface area contributed by atoms with Crippen molar-refractivity contribution in [3.05, 3.63) is 0 Å². The summed E-state index contributed by atoms with van der Waals surface area (Å²) in [6, 6.07) is 0. The Morgan fingerprint density at radius 1 is 0.800 bits per heavy atom. The molecule has 5 heteroatoms. The summed E-state index contributed by atoms with van der Waals surface area (Å²) in [5.41, 5.74) is 0. The van der Waals surface area contributed by atoms with Crippen LogP contribution < -0.4 is 18.9 Å². The van der Waals surface area contributed by atoms with Crippen LogP contribution in [0.25, 0.3) is 0 Å². The Morgan fingerprint density at radius 3 is 0.800 bits per heavy atom. The molecule has 0 spiro atoms. The minimum absolute atomic E-state index is 0. The van der Waals surface area contributed by atoms with Crippen LogP contribution in [0.5, 0.6) is 0 Å². The topological polar surface area (TPSA) is 93.0 Å². The van der Waals surface area contributed by atoms with Gasteiger partial charge in [0.25, 0.3) is 0 Å². The van der Waals surface area contributed by atoms with E-state index < -0.39 is 0 Å². The Morgan fingerprint density at radius 2 is 0.800 bits per heavy atom. The van der Waals surface area contributed by atoms with Crippen molar-refractivity contribution >= 4 is 0 Å². The van der Waals surface area contributed by atoms with Gasteiger partial charge in [0.1, 0.15) is 0 Å². The first-order valence-corrected chi connectivity index (χ1v) is 0. The van der Waals surface area contributed by atoms with E-state index in [1.54, 1.807) is 0 Å². The fourth-order valence-electron chi connectivity index (χ4n) is 0. The summed E-state index contributed by atoms with van der Waals surface area (Å²) >= 11 is 0. The summed E-state index contributed by atoms with van der Waals surface area (Å²) in [5.74, 6) is 0. The smallest absolute Gasteiger partial charge is 0.870 e. The van der Waals surface area contributed by atoms with E-state index in [1.165, 1.54) is 0 Å². The zero-order chi connectivity index (χ0) is 0. The van der Waals surface area contributed by atoms with Crippen molar-refractivity contribution < 1.29 is 57.7 Å². The third-order valence-corrected chi connectivity index (χ3v) is 0. The summed E-state index contributed by atoms with van der Waals surface area (Å²) < 4.78 is 0. The molecule has 0 aromatic rings. The van der Waals surface area contributed by atoms with Crippen LogP contribution in [0.4, 0.5) is 0 Å². The average molecular weight is 241 g/mol. The van der Waals surface area contributed by atoms with E-state index in [9.17, 15) is 0 Å². The molecule has 0 aliphatic rings. The van der Waals surface area contributed by atoms with Crippen molar-refractivity contribution in [1.82, 2.24) is 0 Å². The molecule has 5 heavy (non-hydrogen) atoms. The molecular weight excluding hydrogens is 236 g/mol. The second-order valence-corrected chi connectivity index (χ2v) is 0. The number of hydrogen-bond donors (Lipinski definition) is 0. The zero-order valence-corrected chi connectivity index (χ0v) is 6.11. The van der Waals surface area contributed by atoms with Crippen LogP contribution >= 0.6 is 0 Å². The van der Waals surface area contributed by atoms with Gasteiger partial charge in [0.2, 0.25) is 0 Å². The van der Waals surface area contributed by atoms with Gasteiger partial charge in [0.15, 0.2) is 0 Å². The van der Waals surface area contributed by atoms with Crippen molar-refractivity contribution in [3.63, 3.8) is 0 Å². The van der Waals surface area contributed by atoms with E-state index in [0.29, 0.717) is 0 Å². The third kappa shape index (κ3) is 36.4. The summed E-state index contributed by atoms with van der Waals surface area (Å²) in [7, 11) is 0. The molecule has 0 fully saturated rings. The number of hydrogen-bond acceptors (Lipinski definition) is 1. The molecule has 0 aromatic heterocycles. The van der Waals surface area contributed by atoms with Gasteiger partial charge in [0, 0.05) is 22.4 Å². The second kappa shape index (κ2) is 62.6. The van der Waals surface area contributed by atoms with Crippen LogP contribution in [0.2, 0.25) is 0 Å². The maximum Gasteiger partial charge on any atom is 1.00 e.